The molecule has 0 fully saturated rings. The van der Waals surface area contributed by atoms with Crippen molar-refractivity contribution in [3.8, 4) is 0 Å². The summed E-state index contributed by atoms with van der Waals surface area (Å²) >= 11 is 1.68. The molecule has 3 heteroatoms. The predicted molar refractivity (Wildman–Crippen MR) is 73.4 cm³/mol. The zero-order valence-electron chi connectivity index (χ0n) is 10.3. The normalized spacial score (nSPS) is 12.6. The number of thiazole rings is 1. The van der Waals surface area contributed by atoms with Gasteiger partial charge < -0.3 is 5.73 Å². The van der Waals surface area contributed by atoms with Gasteiger partial charge in [0.1, 0.15) is 0 Å². The highest BCUT2D eigenvalue weighted by Gasteiger charge is 2.07. The van der Waals surface area contributed by atoms with Gasteiger partial charge in [-0.3, -0.25) is 0 Å². The van der Waals surface area contributed by atoms with Crippen LogP contribution in [0.15, 0.2) is 29.8 Å². The Labute approximate surface area is 107 Å². The average Bonchev–Trinajstić information content (AvgIpc) is 2.67. The molecule has 2 N–H and O–H groups in total. The smallest absolute Gasteiger partial charge is 0.0940 e. The molecule has 1 atom stereocenters. The highest BCUT2D eigenvalue weighted by Crippen LogP contribution is 2.13. The fraction of sp³-hybridized carbons (Fsp3) is 0.357. The fourth-order valence-electron chi connectivity index (χ4n) is 2.14. The van der Waals surface area contributed by atoms with Gasteiger partial charge in [0, 0.05) is 24.0 Å². The van der Waals surface area contributed by atoms with Crippen LogP contribution in [-0.2, 0) is 12.8 Å². The molecular weight excluding hydrogens is 228 g/mol. The molecule has 1 aromatic heterocycles. The molecule has 0 amide bonds. The van der Waals surface area contributed by atoms with Crippen molar-refractivity contribution in [3.63, 3.8) is 0 Å². The monoisotopic (exact) mass is 246 g/mol. The molecule has 0 spiro atoms. The third-order valence-corrected chi connectivity index (χ3v) is 3.50. The summed E-state index contributed by atoms with van der Waals surface area (Å²) in [7, 11) is 0. The van der Waals surface area contributed by atoms with Crippen molar-refractivity contribution in [2.75, 3.05) is 0 Å². The van der Waals surface area contributed by atoms with Gasteiger partial charge in [-0.15, -0.1) is 11.3 Å². The molecule has 1 aromatic carbocycles. The van der Waals surface area contributed by atoms with Crippen LogP contribution in [-0.4, -0.2) is 11.0 Å². The molecule has 2 rings (SSSR count). The van der Waals surface area contributed by atoms with E-state index in [-0.39, 0.29) is 6.04 Å². The lowest BCUT2D eigenvalue weighted by Crippen LogP contribution is -2.25. The van der Waals surface area contributed by atoms with Gasteiger partial charge in [-0.2, -0.15) is 0 Å². The van der Waals surface area contributed by atoms with Crippen molar-refractivity contribution in [2.45, 2.75) is 32.7 Å². The summed E-state index contributed by atoms with van der Waals surface area (Å²) < 4.78 is 0. The number of nitrogens with two attached hydrogens (primary N) is 1. The SMILES string of the molecule is Cc1cc(C)cc(CC(N)Cc2nccs2)c1. The van der Waals surface area contributed by atoms with Crippen molar-refractivity contribution in [3.05, 3.63) is 51.5 Å². The number of aromatic nitrogens is 1. The highest BCUT2D eigenvalue weighted by molar-refractivity contribution is 7.09. The maximum atomic E-state index is 6.16. The molecular formula is C14H18N2S. The summed E-state index contributed by atoms with van der Waals surface area (Å²) in [5, 5.41) is 3.13. The van der Waals surface area contributed by atoms with E-state index in [0.717, 1.165) is 17.8 Å². The molecule has 1 heterocycles. The molecule has 0 saturated heterocycles. The topological polar surface area (TPSA) is 38.9 Å². The number of hydrogen-bond donors (Lipinski definition) is 1. The number of nitrogens with zero attached hydrogens (tertiary/aromatic N) is 1. The van der Waals surface area contributed by atoms with Crippen molar-refractivity contribution in [1.29, 1.82) is 0 Å². The van der Waals surface area contributed by atoms with E-state index in [2.05, 4.69) is 37.0 Å². The van der Waals surface area contributed by atoms with Crippen molar-refractivity contribution in [1.82, 2.24) is 4.98 Å². The summed E-state index contributed by atoms with van der Waals surface area (Å²) in [6.45, 7) is 4.26. The van der Waals surface area contributed by atoms with Gasteiger partial charge in [0.05, 0.1) is 5.01 Å². The fourth-order valence-corrected chi connectivity index (χ4v) is 2.85. The number of benzene rings is 1. The molecule has 1 unspecified atom stereocenters. The Balaban J connectivity index is 2.00. The molecule has 0 aliphatic carbocycles. The van der Waals surface area contributed by atoms with Gasteiger partial charge in [-0.1, -0.05) is 29.3 Å². The highest BCUT2D eigenvalue weighted by atomic mass is 32.1. The number of rotatable bonds is 4. The molecule has 2 nitrogen and oxygen atoms in total. The van der Waals surface area contributed by atoms with Gasteiger partial charge >= 0.3 is 0 Å². The van der Waals surface area contributed by atoms with Crippen LogP contribution in [0.2, 0.25) is 0 Å². The quantitative estimate of drug-likeness (QED) is 0.901. The van der Waals surface area contributed by atoms with Gasteiger partial charge in [-0.25, -0.2) is 4.98 Å². The lowest BCUT2D eigenvalue weighted by Gasteiger charge is -2.11. The lowest BCUT2D eigenvalue weighted by atomic mass is 10.0. The van der Waals surface area contributed by atoms with Crippen molar-refractivity contribution >= 4 is 11.3 Å². The first-order valence-corrected chi connectivity index (χ1v) is 6.72. The number of hydrogen-bond acceptors (Lipinski definition) is 3. The Bertz CT molecular complexity index is 457. The van der Waals surface area contributed by atoms with Crippen LogP contribution in [0.3, 0.4) is 0 Å². The maximum Gasteiger partial charge on any atom is 0.0940 e. The zero-order chi connectivity index (χ0) is 12.3. The number of aryl methyl sites for hydroxylation is 2. The largest absolute Gasteiger partial charge is 0.327 e. The molecule has 0 saturated carbocycles. The van der Waals surface area contributed by atoms with E-state index in [1.54, 1.807) is 11.3 Å². The van der Waals surface area contributed by atoms with E-state index in [9.17, 15) is 0 Å². The van der Waals surface area contributed by atoms with Crippen molar-refractivity contribution in [2.24, 2.45) is 5.73 Å². The second-order valence-electron chi connectivity index (χ2n) is 4.59. The van der Waals surface area contributed by atoms with Crippen LogP contribution >= 0.6 is 11.3 Å². The van der Waals surface area contributed by atoms with Crippen LogP contribution < -0.4 is 5.73 Å². The van der Waals surface area contributed by atoms with Gasteiger partial charge in [-0.05, 0) is 25.8 Å². The Hall–Kier alpha value is -1.19. The van der Waals surface area contributed by atoms with Crippen LogP contribution in [0.4, 0.5) is 0 Å². The van der Waals surface area contributed by atoms with Crippen LogP contribution in [0.25, 0.3) is 0 Å². The Kier molecular flexibility index (Phi) is 3.92. The summed E-state index contributed by atoms with van der Waals surface area (Å²) in [5.41, 5.74) is 10.1. The minimum absolute atomic E-state index is 0.155. The van der Waals surface area contributed by atoms with E-state index in [4.69, 9.17) is 5.73 Å². The average molecular weight is 246 g/mol. The van der Waals surface area contributed by atoms with E-state index >= 15 is 0 Å². The van der Waals surface area contributed by atoms with E-state index < -0.39 is 0 Å². The first-order valence-electron chi connectivity index (χ1n) is 5.84. The zero-order valence-corrected chi connectivity index (χ0v) is 11.1. The van der Waals surface area contributed by atoms with E-state index in [1.165, 1.54) is 16.7 Å². The Morgan fingerprint density at radius 2 is 1.88 bits per heavy atom. The molecule has 2 aromatic rings. The Morgan fingerprint density at radius 3 is 2.47 bits per heavy atom. The second-order valence-corrected chi connectivity index (χ2v) is 5.57. The Morgan fingerprint density at radius 1 is 1.18 bits per heavy atom. The van der Waals surface area contributed by atoms with Gasteiger partial charge in [0.15, 0.2) is 0 Å². The lowest BCUT2D eigenvalue weighted by molar-refractivity contribution is 0.662. The maximum absolute atomic E-state index is 6.16. The van der Waals surface area contributed by atoms with Crippen LogP contribution in [0, 0.1) is 13.8 Å². The minimum atomic E-state index is 0.155. The molecule has 90 valence electrons. The van der Waals surface area contributed by atoms with Gasteiger partial charge in [0.2, 0.25) is 0 Å². The first-order chi connectivity index (χ1) is 8.13. The van der Waals surface area contributed by atoms with Crippen LogP contribution in [0.1, 0.15) is 21.7 Å². The van der Waals surface area contributed by atoms with E-state index in [1.807, 2.05) is 11.6 Å². The molecule has 0 radical (unpaired) electrons. The predicted octanol–water partition coefficient (Wildman–Crippen LogP) is 2.87. The summed E-state index contributed by atoms with van der Waals surface area (Å²) in [5.74, 6) is 0. The van der Waals surface area contributed by atoms with Crippen LogP contribution in [0.5, 0.6) is 0 Å². The third-order valence-electron chi connectivity index (χ3n) is 2.70. The minimum Gasteiger partial charge on any atom is -0.327 e. The molecule has 0 aliphatic rings. The summed E-state index contributed by atoms with van der Waals surface area (Å²) in [6.07, 6.45) is 3.62. The third kappa shape index (κ3) is 3.65. The van der Waals surface area contributed by atoms with Gasteiger partial charge in [0.25, 0.3) is 0 Å². The molecule has 17 heavy (non-hydrogen) atoms. The summed E-state index contributed by atoms with van der Waals surface area (Å²) in [4.78, 5) is 4.27. The second kappa shape index (κ2) is 5.43. The molecule has 0 bridgehead atoms. The molecule has 0 aliphatic heterocycles. The summed E-state index contributed by atoms with van der Waals surface area (Å²) in [6, 6.07) is 6.78. The standard InChI is InChI=1S/C14H18N2S/c1-10-5-11(2)7-12(6-10)8-13(15)9-14-16-3-4-17-14/h3-7,13H,8-9,15H2,1-2H3. The first kappa shape index (κ1) is 12.3. The van der Waals surface area contributed by atoms with Crippen molar-refractivity contribution < 1.29 is 0 Å². The van der Waals surface area contributed by atoms with E-state index in [0.29, 0.717) is 0 Å².